The predicted molar refractivity (Wildman–Crippen MR) is 74.0 cm³/mol. The number of imidazole rings is 1. The first-order valence-corrected chi connectivity index (χ1v) is 6.37. The smallest absolute Gasteiger partial charge is 0.231 e. The van der Waals surface area contributed by atoms with E-state index in [9.17, 15) is 9.18 Å². The van der Waals surface area contributed by atoms with Crippen LogP contribution >= 0.6 is 11.6 Å². The van der Waals surface area contributed by atoms with E-state index in [1.165, 1.54) is 29.0 Å². The number of hydrogen-bond donors (Lipinski definition) is 0. The molecule has 0 aliphatic heterocycles. The maximum Gasteiger partial charge on any atom is 0.231 e. The molecule has 21 heavy (non-hydrogen) atoms. The number of carbonyl (C=O) groups is 1. The molecule has 0 fully saturated rings. The number of rotatable bonds is 3. The second-order valence-corrected chi connectivity index (χ2v) is 4.53. The van der Waals surface area contributed by atoms with E-state index in [1.54, 1.807) is 24.4 Å². The van der Waals surface area contributed by atoms with Gasteiger partial charge < -0.3 is 0 Å². The van der Waals surface area contributed by atoms with Crippen molar-refractivity contribution in [3.05, 3.63) is 71.2 Å². The van der Waals surface area contributed by atoms with Gasteiger partial charge >= 0.3 is 0 Å². The first-order valence-electron chi connectivity index (χ1n) is 5.99. The maximum atomic E-state index is 13.7. The van der Waals surface area contributed by atoms with Crippen LogP contribution in [0.2, 0.25) is 5.15 Å². The molecule has 0 aliphatic carbocycles. The summed E-state index contributed by atoms with van der Waals surface area (Å²) in [6.07, 6.45) is 2.98. The van der Waals surface area contributed by atoms with Crippen molar-refractivity contribution >= 4 is 17.4 Å². The van der Waals surface area contributed by atoms with Gasteiger partial charge in [0.2, 0.25) is 5.78 Å². The van der Waals surface area contributed by atoms with E-state index in [1.807, 2.05) is 0 Å². The minimum atomic E-state index is -0.598. The van der Waals surface area contributed by atoms with E-state index in [4.69, 9.17) is 11.6 Å². The molecule has 0 amide bonds. The zero-order valence-corrected chi connectivity index (χ0v) is 11.3. The van der Waals surface area contributed by atoms with Crippen LogP contribution in [0.4, 0.5) is 4.39 Å². The summed E-state index contributed by atoms with van der Waals surface area (Å²) in [7, 11) is 0. The van der Waals surface area contributed by atoms with Gasteiger partial charge in [0.25, 0.3) is 0 Å². The number of benzene rings is 1. The Bertz CT molecular complexity index is 801. The average molecular weight is 303 g/mol. The molecule has 0 unspecified atom stereocenters. The normalized spacial score (nSPS) is 10.6. The first kappa shape index (κ1) is 13.4. The van der Waals surface area contributed by atoms with Crippen LogP contribution in [0, 0.1) is 5.82 Å². The zero-order valence-electron chi connectivity index (χ0n) is 10.6. The monoisotopic (exact) mass is 302 g/mol. The van der Waals surface area contributed by atoms with E-state index in [-0.39, 0.29) is 16.5 Å². The number of hydrogen-bond acceptors (Lipinski definition) is 4. The Morgan fingerprint density at radius 3 is 2.67 bits per heavy atom. The molecule has 0 atom stereocenters. The van der Waals surface area contributed by atoms with Gasteiger partial charge in [0.15, 0.2) is 16.8 Å². The Kier molecular flexibility index (Phi) is 3.45. The van der Waals surface area contributed by atoms with Crippen LogP contribution in [-0.2, 0) is 0 Å². The lowest BCUT2D eigenvalue weighted by atomic mass is 10.1. The van der Waals surface area contributed by atoms with Crippen LogP contribution in [0.15, 0.2) is 48.8 Å². The van der Waals surface area contributed by atoms with E-state index in [0.717, 1.165) is 0 Å². The Morgan fingerprint density at radius 1 is 1.14 bits per heavy atom. The Labute approximate surface area is 124 Å². The molecule has 7 heteroatoms. The van der Waals surface area contributed by atoms with Gasteiger partial charge in [0.1, 0.15) is 5.82 Å². The van der Waals surface area contributed by atoms with E-state index >= 15 is 0 Å². The van der Waals surface area contributed by atoms with Gasteiger partial charge in [-0.05, 0) is 24.3 Å². The summed E-state index contributed by atoms with van der Waals surface area (Å²) < 4.78 is 15.1. The van der Waals surface area contributed by atoms with E-state index in [0.29, 0.717) is 5.82 Å². The second-order valence-electron chi connectivity index (χ2n) is 4.14. The third kappa shape index (κ3) is 2.53. The van der Waals surface area contributed by atoms with Crippen LogP contribution in [0.5, 0.6) is 0 Å². The number of ketones is 1. The fourth-order valence-corrected chi connectivity index (χ4v) is 1.96. The number of aromatic nitrogens is 4. The molecular weight excluding hydrogens is 295 g/mol. The Hall–Kier alpha value is -2.60. The molecule has 0 radical (unpaired) electrons. The molecule has 0 saturated carbocycles. The van der Waals surface area contributed by atoms with Gasteiger partial charge in [-0.3, -0.25) is 9.36 Å². The van der Waals surface area contributed by atoms with Crippen LogP contribution in [0.25, 0.3) is 5.82 Å². The summed E-state index contributed by atoms with van der Waals surface area (Å²) in [6, 6.07) is 8.87. The molecule has 0 aliphatic rings. The molecule has 0 N–H and O–H groups in total. The van der Waals surface area contributed by atoms with Gasteiger partial charge in [0, 0.05) is 12.4 Å². The molecule has 3 aromatic rings. The van der Waals surface area contributed by atoms with Crippen molar-refractivity contribution in [2.45, 2.75) is 0 Å². The fraction of sp³-hybridized carbons (Fsp3) is 0. The third-order valence-electron chi connectivity index (χ3n) is 2.83. The molecule has 0 saturated heterocycles. The highest BCUT2D eigenvalue weighted by Gasteiger charge is 2.19. The van der Waals surface area contributed by atoms with Crippen LogP contribution < -0.4 is 0 Å². The van der Waals surface area contributed by atoms with Crippen molar-refractivity contribution in [2.75, 3.05) is 0 Å². The highest BCUT2D eigenvalue weighted by molar-refractivity contribution is 6.29. The van der Waals surface area contributed by atoms with Crippen molar-refractivity contribution in [1.82, 2.24) is 19.7 Å². The molecule has 2 aromatic heterocycles. The molecule has 104 valence electrons. The summed E-state index contributed by atoms with van der Waals surface area (Å²) in [5.41, 5.74) is -0.0492. The zero-order chi connectivity index (χ0) is 14.8. The lowest BCUT2D eigenvalue weighted by Crippen LogP contribution is -2.12. The maximum absolute atomic E-state index is 13.7. The molecule has 0 bridgehead atoms. The van der Waals surface area contributed by atoms with Gasteiger partial charge in [-0.1, -0.05) is 23.7 Å². The molecule has 2 heterocycles. The van der Waals surface area contributed by atoms with Gasteiger partial charge in [0.05, 0.1) is 5.56 Å². The van der Waals surface area contributed by atoms with Gasteiger partial charge in [-0.15, -0.1) is 10.2 Å². The number of carbonyl (C=O) groups excluding carboxylic acids is 1. The number of nitrogens with zero attached hydrogens (tertiary/aromatic N) is 4. The van der Waals surface area contributed by atoms with Crippen LogP contribution in [0.3, 0.4) is 0 Å². The predicted octanol–water partition coefficient (Wildman–Crippen LogP) is 2.69. The van der Waals surface area contributed by atoms with E-state index < -0.39 is 11.6 Å². The lowest BCUT2D eigenvalue weighted by Gasteiger charge is -2.06. The molecule has 5 nitrogen and oxygen atoms in total. The number of halogens is 2. The van der Waals surface area contributed by atoms with Crippen LogP contribution in [-0.4, -0.2) is 25.5 Å². The molecule has 3 rings (SSSR count). The largest absolute Gasteiger partial charge is 0.285 e. The SMILES string of the molecule is O=C(c1ccccc1F)c1nccn1-c1ccc(Cl)nn1. The highest BCUT2D eigenvalue weighted by atomic mass is 35.5. The van der Waals surface area contributed by atoms with Crippen molar-refractivity contribution in [2.24, 2.45) is 0 Å². The summed E-state index contributed by atoms with van der Waals surface area (Å²) in [5, 5.41) is 7.82. The van der Waals surface area contributed by atoms with Gasteiger partial charge in [-0.25, -0.2) is 9.37 Å². The Balaban J connectivity index is 2.05. The topological polar surface area (TPSA) is 60.7 Å². The summed E-state index contributed by atoms with van der Waals surface area (Å²) in [4.78, 5) is 16.4. The summed E-state index contributed by atoms with van der Waals surface area (Å²) in [5.74, 6) is -0.706. The fourth-order valence-electron chi connectivity index (χ4n) is 1.86. The van der Waals surface area contributed by atoms with Gasteiger partial charge in [-0.2, -0.15) is 0 Å². The minimum absolute atomic E-state index is 0.0492. The summed E-state index contributed by atoms with van der Waals surface area (Å²) >= 11 is 5.68. The van der Waals surface area contributed by atoms with Crippen molar-refractivity contribution in [3.63, 3.8) is 0 Å². The summed E-state index contributed by atoms with van der Waals surface area (Å²) in [6.45, 7) is 0. The minimum Gasteiger partial charge on any atom is -0.285 e. The van der Waals surface area contributed by atoms with Crippen molar-refractivity contribution in [3.8, 4) is 5.82 Å². The quantitative estimate of drug-likeness (QED) is 0.698. The first-order chi connectivity index (χ1) is 10.2. The Morgan fingerprint density at radius 2 is 1.95 bits per heavy atom. The lowest BCUT2D eigenvalue weighted by molar-refractivity contribution is 0.102. The molecule has 0 spiro atoms. The van der Waals surface area contributed by atoms with Crippen molar-refractivity contribution < 1.29 is 9.18 Å². The second kappa shape index (κ2) is 5.41. The standard InChI is InChI=1S/C14H8ClFN4O/c15-11-5-6-12(19-18-11)20-8-7-17-14(20)13(21)9-3-1-2-4-10(9)16/h1-8H. The highest BCUT2D eigenvalue weighted by Crippen LogP contribution is 2.15. The van der Waals surface area contributed by atoms with Crippen molar-refractivity contribution in [1.29, 1.82) is 0 Å². The molecule has 1 aromatic carbocycles. The molecular formula is C14H8ClFN4O. The van der Waals surface area contributed by atoms with Crippen LogP contribution in [0.1, 0.15) is 16.2 Å². The van der Waals surface area contributed by atoms with E-state index in [2.05, 4.69) is 15.2 Å². The average Bonchev–Trinajstić information content (AvgIpc) is 2.97. The third-order valence-corrected chi connectivity index (χ3v) is 3.03.